The van der Waals surface area contributed by atoms with E-state index in [9.17, 15) is 9.59 Å². The number of carboxylic acids is 1. The van der Waals surface area contributed by atoms with Crippen molar-refractivity contribution in [2.45, 2.75) is 26.2 Å². The molecule has 57 valence electrons. The number of carbonyl (C=O) groups excluding carboxylic acids is 1. The largest absolute Gasteiger partial charge is 0.481 e. The molecule has 0 aliphatic rings. The van der Waals surface area contributed by atoms with Crippen LogP contribution in [-0.2, 0) is 9.59 Å². The van der Waals surface area contributed by atoms with Crippen molar-refractivity contribution in [3.05, 3.63) is 0 Å². The molecule has 0 saturated heterocycles. The second kappa shape index (κ2) is 4.97. The molecular formula is C7H11O3. The van der Waals surface area contributed by atoms with E-state index in [1.807, 2.05) is 6.92 Å². The molecule has 0 saturated carbocycles. The Kier molecular flexibility index (Phi) is 4.54. The van der Waals surface area contributed by atoms with E-state index in [0.29, 0.717) is 6.42 Å². The maximum atomic E-state index is 10.2. The molecule has 3 heteroatoms. The fraction of sp³-hybridized carbons (Fsp3) is 0.714. The molecule has 0 aliphatic carbocycles. The first-order valence-electron chi connectivity index (χ1n) is 3.32. The maximum Gasteiger partial charge on any atom is 0.314 e. The van der Waals surface area contributed by atoms with Crippen molar-refractivity contribution in [3.63, 3.8) is 0 Å². The zero-order valence-electron chi connectivity index (χ0n) is 5.96. The first-order valence-corrected chi connectivity index (χ1v) is 3.32. The summed E-state index contributed by atoms with van der Waals surface area (Å²) >= 11 is 0. The minimum absolute atomic E-state index is 0.412. The van der Waals surface area contributed by atoms with Gasteiger partial charge >= 0.3 is 5.97 Å². The molecule has 10 heavy (non-hydrogen) atoms. The lowest BCUT2D eigenvalue weighted by atomic mass is 10.0. The van der Waals surface area contributed by atoms with Gasteiger partial charge in [0.05, 0.1) is 0 Å². The summed E-state index contributed by atoms with van der Waals surface area (Å²) < 4.78 is 0. The Bertz CT molecular complexity index is 120. The van der Waals surface area contributed by atoms with E-state index >= 15 is 0 Å². The summed E-state index contributed by atoms with van der Waals surface area (Å²) in [6.45, 7) is 1.95. The predicted octanol–water partition coefficient (Wildman–Crippen LogP) is 0.987. The van der Waals surface area contributed by atoms with Crippen molar-refractivity contribution in [1.82, 2.24) is 0 Å². The molecule has 0 spiro atoms. The van der Waals surface area contributed by atoms with Crippen molar-refractivity contribution in [2.75, 3.05) is 0 Å². The second-order valence-corrected chi connectivity index (χ2v) is 2.15. The van der Waals surface area contributed by atoms with E-state index in [4.69, 9.17) is 5.11 Å². The molecule has 1 N–H and O–H groups in total. The van der Waals surface area contributed by atoms with Gasteiger partial charge in [-0.15, -0.1) is 0 Å². The van der Waals surface area contributed by atoms with E-state index in [0.717, 1.165) is 12.8 Å². The number of unbranched alkanes of at least 4 members (excludes halogenated alkanes) is 1. The van der Waals surface area contributed by atoms with Crippen LogP contribution in [-0.4, -0.2) is 17.4 Å². The average molecular weight is 143 g/mol. The zero-order chi connectivity index (χ0) is 7.98. The van der Waals surface area contributed by atoms with Crippen molar-refractivity contribution in [1.29, 1.82) is 0 Å². The van der Waals surface area contributed by atoms with Crippen LogP contribution in [0.3, 0.4) is 0 Å². The molecule has 0 bridgehead atoms. The highest BCUT2D eigenvalue weighted by molar-refractivity contribution is 5.86. The monoisotopic (exact) mass is 143 g/mol. The quantitative estimate of drug-likeness (QED) is 0.584. The van der Waals surface area contributed by atoms with Gasteiger partial charge in [0.1, 0.15) is 5.92 Å². The second-order valence-electron chi connectivity index (χ2n) is 2.15. The lowest BCUT2D eigenvalue weighted by Gasteiger charge is -1.99. The third-order valence-electron chi connectivity index (χ3n) is 1.29. The first kappa shape index (κ1) is 9.14. The van der Waals surface area contributed by atoms with E-state index in [1.54, 1.807) is 0 Å². The Balaban J connectivity index is 3.60. The Hall–Kier alpha value is -0.860. The third-order valence-corrected chi connectivity index (χ3v) is 1.29. The fourth-order valence-electron chi connectivity index (χ4n) is 0.641. The topological polar surface area (TPSA) is 54.4 Å². The summed E-state index contributed by atoms with van der Waals surface area (Å²) in [5, 5.41) is 8.34. The summed E-state index contributed by atoms with van der Waals surface area (Å²) in [6, 6.07) is 0. The molecule has 1 unspecified atom stereocenters. The SMILES string of the molecule is CCCCC([C]=O)C(=O)O. The van der Waals surface area contributed by atoms with Crippen LogP contribution < -0.4 is 0 Å². The third kappa shape index (κ3) is 3.22. The molecule has 0 heterocycles. The molecule has 3 nitrogen and oxygen atoms in total. The smallest absolute Gasteiger partial charge is 0.314 e. The molecule has 0 aromatic rings. The van der Waals surface area contributed by atoms with Crippen LogP contribution >= 0.6 is 0 Å². The number of rotatable bonds is 5. The summed E-state index contributed by atoms with van der Waals surface area (Å²) in [5.74, 6) is -1.98. The maximum absolute atomic E-state index is 10.2. The molecule has 0 rings (SSSR count). The standard InChI is InChI=1S/C7H11O3/c1-2-3-4-6(5-8)7(9)10/h6H,2-4H2,1H3,(H,9,10). The molecule has 1 atom stereocenters. The van der Waals surface area contributed by atoms with Gasteiger partial charge < -0.3 is 5.11 Å². The molecule has 0 aliphatic heterocycles. The van der Waals surface area contributed by atoms with Crippen LogP contribution in [0, 0.1) is 5.92 Å². The van der Waals surface area contributed by atoms with Crippen LogP contribution in [0.5, 0.6) is 0 Å². The van der Waals surface area contributed by atoms with Gasteiger partial charge in [0.25, 0.3) is 0 Å². The Morgan fingerprint density at radius 2 is 2.30 bits per heavy atom. The van der Waals surface area contributed by atoms with Crippen LogP contribution in [0.2, 0.25) is 0 Å². The van der Waals surface area contributed by atoms with Crippen LogP contribution in [0.1, 0.15) is 26.2 Å². The van der Waals surface area contributed by atoms with E-state index in [-0.39, 0.29) is 0 Å². The van der Waals surface area contributed by atoms with Crippen molar-refractivity contribution in [3.8, 4) is 0 Å². The van der Waals surface area contributed by atoms with Gasteiger partial charge in [-0.05, 0) is 6.42 Å². The van der Waals surface area contributed by atoms with Gasteiger partial charge in [-0.25, -0.2) is 0 Å². The van der Waals surface area contributed by atoms with Gasteiger partial charge in [0, 0.05) is 0 Å². The lowest BCUT2D eigenvalue weighted by molar-refractivity contribution is -0.139. The van der Waals surface area contributed by atoms with E-state index in [1.165, 1.54) is 6.29 Å². The van der Waals surface area contributed by atoms with Crippen molar-refractivity contribution in [2.24, 2.45) is 5.92 Å². The molecule has 0 amide bonds. The van der Waals surface area contributed by atoms with Gasteiger partial charge in [-0.1, -0.05) is 19.8 Å². The Morgan fingerprint density at radius 1 is 1.70 bits per heavy atom. The van der Waals surface area contributed by atoms with Gasteiger partial charge in [0.2, 0.25) is 6.29 Å². The normalized spacial score (nSPS) is 12.5. The highest BCUT2D eigenvalue weighted by Crippen LogP contribution is 2.05. The van der Waals surface area contributed by atoms with Gasteiger partial charge in [-0.3, -0.25) is 9.59 Å². The number of carbonyl (C=O) groups is 1. The number of aliphatic carboxylic acids is 1. The van der Waals surface area contributed by atoms with Crippen LogP contribution in [0.15, 0.2) is 0 Å². The average Bonchev–Trinajstić information content (AvgIpc) is 1.89. The van der Waals surface area contributed by atoms with E-state index < -0.39 is 11.9 Å². The fourth-order valence-corrected chi connectivity index (χ4v) is 0.641. The molecule has 0 aromatic carbocycles. The number of hydrogen-bond donors (Lipinski definition) is 1. The first-order chi connectivity index (χ1) is 4.72. The minimum Gasteiger partial charge on any atom is -0.481 e. The van der Waals surface area contributed by atoms with Crippen molar-refractivity contribution >= 4 is 12.3 Å². The predicted molar refractivity (Wildman–Crippen MR) is 36.3 cm³/mol. The van der Waals surface area contributed by atoms with Crippen LogP contribution in [0.4, 0.5) is 0 Å². The summed E-state index contributed by atoms with van der Waals surface area (Å²) in [6.07, 6.45) is 3.58. The zero-order valence-corrected chi connectivity index (χ0v) is 5.96. The van der Waals surface area contributed by atoms with E-state index in [2.05, 4.69) is 0 Å². The Morgan fingerprint density at radius 3 is 2.60 bits per heavy atom. The Labute approximate surface area is 60.0 Å². The van der Waals surface area contributed by atoms with Gasteiger partial charge in [-0.2, -0.15) is 0 Å². The summed E-state index contributed by atoms with van der Waals surface area (Å²) in [4.78, 5) is 20.1. The highest BCUT2D eigenvalue weighted by atomic mass is 16.4. The van der Waals surface area contributed by atoms with Crippen molar-refractivity contribution < 1.29 is 14.7 Å². The molecule has 1 radical (unpaired) electrons. The summed E-state index contributed by atoms with van der Waals surface area (Å²) in [5.41, 5.74) is 0. The lowest BCUT2D eigenvalue weighted by Crippen LogP contribution is -2.14. The molecular weight excluding hydrogens is 132 g/mol. The molecule has 0 fully saturated rings. The van der Waals surface area contributed by atoms with Gasteiger partial charge in [0.15, 0.2) is 0 Å². The number of hydrogen-bond acceptors (Lipinski definition) is 2. The highest BCUT2D eigenvalue weighted by Gasteiger charge is 2.15. The minimum atomic E-state index is -1.07. The molecule has 0 aromatic heterocycles. The summed E-state index contributed by atoms with van der Waals surface area (Å²) in [7, 11) is 0. The number of carboxylic acid groups (broad SMARTS) is 1. The van der Waals surface area contributed by atoms with Crippen LogP contribution in [0.25, 0.3) is 0 Å².